The van der Waals surface area contributed by atoms with E-state index in [0.717, 1.165) is 35.3 Å². The number of rotatable bonds is 4. The lowest BCUT2D eigenvalue weighted by molar-refractivity contribution is 0.303. The van der Waals surface area contributed by atoms with Gasteiger partial charge in [-0.25, -0.2) is 4.39 Å². The van der Waals surface area contributed by atoms with E-state index in [-0.39, 0.29) is 5.82 Å². The molecule has 0 bridgehead atoms. The fourth-order valence-corrected chi connectivity index (χ4v) is 2.13. The standard InChI is InChI=1S/C16H16FNO/c17-13-4-7-16(12(8-13)10-18)11-2-1-3-15(9-11)19-14-5-6-14/h1-4,7-9,14H,5-6,10,18H2. The van der Waals surface area contributed by atoms with Gasteiger partial charge in [-0.05, 0) is 53.8 Å². The summed E-state index contributed by atoms with van der Waals surface area (Å²) in [6.07, 6.45) is 2.64. The maximum Gasteiger partial charge on any atom is 0.123 e. The van der Waals surface area contributed by atoms with Crippen molar-refractivity contribution in [2.75, 3.05) is 0 Å². The minimum absolute atomic E-state index is 0.255. The monoisotopic (exact) mass is 257 g/mol. The molecule has 2 aromatic rings. The maximum absolute atomic E-state index is 13.2. The van der Waals surface area contributed by atoms with E-state index in [0.29, 0.717) is 12.6 Å². The Kier molecular flexibility index (Phi) is 3.22. The highest BCUT2D eigenvalue weighted by molar-refractivity contribution is 5.68. The predicted molar refractivity (Wildman–Crippen MR) is 73.4 cm³/mol. The van der Waals surface area contributed by atoms with Gasteiger partial charge in [0.05, 0.1) is 6.10 Å². The molecule has 0 aliphatic heterocycles. The quantitative estimate of drug-likeness (QED) is 0.910. The Morgan fingerprint density at radius 1 is 1.16 bits per heavy atom. The minimum atomic E-state index is -0.255. The van der Waals surface area contributed by atoms with Gasteiger partial charge in [0.1, 0.15) is 11.6 Å². The van der Waals surface area contributed by atoms with Gasteiger partial charge in [0, 0.05) is 6.54 Å². The van der Waals surface area contributed by atoms with Gasteiger partial charge in [-0.2, -0.15) is 0 Å². The van der Waals surface area contributed by atoms with Crippen LogP contribution in [0, 0.1) is 5.82 Å². The van der Waals surface area contributed by atoms with Crippen LogP contribution < -0.4 is 10.5 Å². The average molecular weight is 257 g/mol. The first kappa shape index (κ1) is 12.2. The van der Waals surface area contributed by atoms with Crippen LogP contribution in [0.2, 0.25) is 0 Å². The highest BCUT2D eigenvalue weighted by Gasteiger charge is 2.23. The van der Waals surface area contributed by atoms with Crippen LogP contribution in [-0.2, 0) is 6.54 Å². The number of benzene rings is 2. The molecule has 2 nitrogen and oxygen atoms in total. The summed E-state index contributed by atoms with van der Waals surface area (Å²) < 4.78 is 19.0. The van der Waals surface area contributed by atoms with E-state index < -0.39 is 0 Å². The SMILES string of the molecule is NCc1cc(F)ccc1-c1cccc(OC2CC2)c1. The molecular weight excluding hydrogens is 241 g/mol. The summed E-state index contributed by atoms with van der Waals surface area (Å²) in [4.78, 5) is 0. The van der Waals surface area contributed by atoms with E-state index in [2.05, 4.69) is 0 Å². The topological polar surface area (TPSA) is 35.2 Å². The number of halogens is 1. The van der Waals surface area contributed by atoms with Crippen LogP contribution in [0.25, 0.3) is 11.1 Å². The first-order valence-electron chi connectivity index (χ1n) is 6.52. The molecule has 0 unspecified atom stereocenters. The zero-order valence-electron chi connectivity index (χ0n) is 10.6. The molecule has 98 valence electrons. The Morgan fingerprint density at radius 2 is 2.00 bits per heavy atom. The summed E-state index contributed by atoms with van der Waals surface area (Å²) in [5, 5.41) is 0. The van der Waals surface area contributed by atoms with Crippen LogP contribution in [0.1, 0.15) is 18.4 Å². The number of hydrogen-bond acceptors (Lipinski definition) is 2. The van der Waals surface area contributed by atoms with Gasteiger partial charge in [-0.15, -0.1) is 0 Å². The van der Waals surface area contributed by atoms with Crippen molar-refractivity contribution in [2.24, 2.45) is 5.73 Å². The van der Waals surface area contributed by atoms with Crippen LogP contribution in [0.5, 0.6) is 5.75 Å². The van der Waals surface area contributed by atoms with Crippen molar-refractivity contribution >= 4 is 0 Å². The average Bonchev–Trinajstić information content (AvgIpc) is 3.23. The van der Waals surface area contributed by atoms with Gasteiger partial charge in [-0.3, -0.25) is 0 Å². The first-order chi connectivity index (χ1) is 9.26. The molecule has 0 radical (unpaired) electrons. The van der Waals surface area contributed by atoms with E-state index in [9.17, 15) is 4.39 Å². The van der Waals surface area contributed by atoms with Crippen molar-refractivity contribution in [3.63, 3.8) is 0 Å². The normalized spacial score (nSPS) is 14.4. The van der Waals surface area contributed by atoms with E-state index in [1.807, 2.05) is 24.3 Å². The molecule has 3 rings (SSSR count). The molecule has 0 saturated heterocycles. The fraction of sp³-hybridized carbons (Fsp3) is 0.250. The summed E-state index contributed by atoms with van der Waals surface area (Å²) in [6, 6.07) is 12.6. The lowest BCUT2D eigenvalue weighted by atomic mass is 9.99. The van der Waals surface area contributed by atoms with Crippen molar-refractivity contribution < 1.29 is 9.13 Å². The molecule has 0 amide bonds. The molecule has 1 saturated carbocycles. The van der Waals surface area contributed by atoms with Crippen LogP contribution in [0.3, 0.4) is 0 Å². The Bertz CT molecular complexity index is 593. The Hall–Kier alpha value is -1.87. The van der Waals surface area contributed by atoms with Crippen LogP contribution in [0.4, 0.5) is 4.39 Å². The zero-order chi connectivity index (χ0) is 13.2. The van der Waals surface area contributed by atoms with Crippen molar-refractivity contribution in [3.8, 4) is 16.9 Å². The second-order valence-corrected chi connectivity index (χ2v) is 4.85. The molecule has 2 aromatic carbocycles. The van der Waals surface area contributed by atoms with E-state index in [4.69, 9.17) is 10.5 Å². The van der Waals surface area contributed by atoms with E-state index in [1.165, 1.54) is 12.1 Å². The smallest absolute Gasteiger partial charge is 0.123 e. The van der Waals surface area contributed by atoms with Gasteiger partial charge in [-0.1, -0.05) is 18.2 Å². The van der Waals surface area contributed by atoms with E-state index >= 15 is 0 Å². The molecule has 0 atom stereocenters. The number of hydrogen-bond donors (Lipinski definition) is 1. The Morgan fingerprint density at radius 3 is 2.74 bits per heavy atom. The van der Waals surface area contributed by atoms with Gasteiger partial charge in [0.15, 0.2) is 0 Å². The molecule has 3 heteroatoms. The lowest BCUT2D eigenvalue weighted by Gasteiger charge is -2.10. The van der Waals surface area contributed by atoms with Crippen molar-refractivity contribution in [1.82, 2.24) is 0 Å². The number of ether oxygens (including phenoxy) is 1. The summed E-state index contributed by atoms with van der Waals surface area (Å²) in [7, 11) is 0. The van der Waals surface area contributed by atoms with Crippen molar-refractivity contribution in [1.29, 1.82) is 0 Å². The van der Waals surface area contributed by atoms with Gasteiger partial charge >= 0.3 is 0 Å². The second-order valence-electron chi connectivity index (χ2n) is 4.85. The summed E-state index contributed by atoms with van der Waals surface area (Å²) >= 11 is 0. The maximum atomic E-state index is 13.2. The predicted octanol–water partition coefficient (Wildman–Crippen LogP) is 3.49. The minimum Gasteiger partial charge on any atom is -0.490 e. The van der Waals surface area contributed by atoms with Crippen molar-refractivity contribution in [3.05, 3.63) is 53.8 Å². The molecule has 0 heterocycles. The molecule has 1 aliphatic rings. The molecule has 19 heavy (non-hydrogen) atoms. The Labute approximate surface area is 112 Å². The van der Waals surface area contributed by atoms with Gasteiger partial charge in [0.25, 0.3) is 0 Å². The summed E-state index contributed by atoms with van der Waals surface area (Å²) in [6.45, 7) is 0.320. The summed E-state index contributed by atoms with van der Waals surface area (Å²) in [5.74, 6) is 0.613. The molecule has 0 aromatic heterocycles. The van der Waals surface area contributed by atoms with Crippen molar-refractivity contribution in [2.45, 2.75) is 25.5 Å². The third-order valence-corrected chi connectivity index (χ3v) is 3.26. The molecule has 0 spiro atoms. The highest BCUT2D eigenvalue weighted by Crippen LogP contribution is 2.31. The molecule has 2 N–H and O–H groups in total. The highest BCUT2D eigenvalue weighted by atomic mass is 19.1. The Balaban J connectivity index is 1.96. The third kappa shape index (κ3) is 2.76. The fourth-order valence-electron chi connectivity index (χ4n) is 2.13. The molecule has 1 fully saturated rings. The van der Waals surface area contributed by atoms with Crippen LogP contribution in [-0.4, -0.2) is 6.10 Å². The second kappa shape index (κ2) is 5.02. The zero-order valence-corrected chi connectivity index (χ0v) is 10.6. The largest absolute Gasteiger partial charge is 0.490 e. The van der Waals surface area contributed by atoms with Crippen LogP contribution in [0.15, 0.2) is 42.5 Å². The first-order valence-corrected chi connectivity index (χ1v) is 6.52. The molecular formula is C16H16FNO. The third-order valence-electron chi connectivity index (χ3n) is 3.26. The van der Waals surface area contributed by atoms with Gasteiger partial charge in [0.2, 0.25) is 0 Å². The van der Waals surface area contributed by atoms with Crippen LogP contribution >= 0.6 is 0 Å². The molecule has 1 aliphatic carbocycles. The number of nitrogens with two attached hydrogens (primary N) is 1. The lowest BCUT2D eigenvalue weighted by Crippen LogP contribution is -2.00. The summed E-state index contributed by atoms with van der Waals surface area (Å²) in [5.41, 5.74) is 8.47. The van der Waals surface area contributed by atoms with Gasteiger partial charge < -0.3 is 10.5 Å². The van der Waals surface area contributed by atoms with E-state index in [1.54, 1.807) is 6.07 Å².